The molecule has 20 heavy (non-hydrogen) atoms. The van der Waals surface area contributed by atoms with Crippen LogP contribution in [-0.4, -0.2) is 6.61 Å². The molecule has 106 valence electrons. The van der Waals surface area contributed by atoms with Crippen LogP contribution in [-0.2, 0) is 0 Å². The third-order valence-electron chi connectivity index (χ3n) is 3.21. The second-order valence-electron chi connectivity index (χ2n) is 4.93. The van der Waals surface area contributed by atoms with E-state index in [1.807, 2.05) is 18.2 Å². The minimum absolute atomic E-state index is 0.118. The smallest absolute Gasteiger partial charge is 0.133 e. The first-order valence-electron chi connectivity index (χ1n) is 6.86. The van der Waals surface area contributed by atoms with Crippen LogP contribution in [0.5, 0.6) is 5.75 Å². The van der Waals surface area contributed by atoms with Crippen LogP contribution in [0, 0.1) is 6.92 Å². The van der Waals surface area contributed by atoms with Gasteiger partial charge in [0.15, 0.2) is 0 Å². The SMILES string of the molecule is CCCOc1ccc(C(N)c2ccc(C)cc2)cc1Br. The lowest BCUT2D eigenvalue weighted by atomic mass is 9.99. The summed E-state index contributed by atoms with van der Waals surface area (Å²) in [6.45, 7) is 4.89. The molecule has 0 bridgehead atoms. The van der Waals surface area contributed by atoms with Crippen LogP contribution in [0.3, 0.4) is 0 Å². The summed E-state index contributed by atoms with van der Waals surface area (Å²) in [5, 5.41) is 0. The van der Waals surface area contributed by atoms with E-state index in [2.05, 4.69) is 54.0 Å². The van der Waals surface area contributed by atoms with Gasteiger partial charge in [0.2, 0.25) is 0 Å². The predicted molar refractivity (Wildman–Crippen MR) is 87.1 cm³/mol. The van der Waals surface area contributed by atoms with E-state index < -0.39 is 0 Å². The average molecular weight is 334 g/mol. The summed E-state index contributed by atoms with van der Waals surface area (Å²) < 4.78 is 6.60. The Bertz CT molecular complexity index is 566. The number of halogens is 1. The molecule has 0 saturated heterocycles. The van der Waals surface area contributed by atoms with Gasteiger partial charge in [-0.15, -0.1) is 0 Å². The molecule has 3 heteroatoms. The average Bonchev–Trinajstić information content (AvgIpc) is 2.46. The van der Waals surface area contributed by atoms with Gasteiger partial charge in [-0.25, -0.2) is 0 Å². The largest absolute Gasteiger partial charge is 0.492 e. The van der Waals surface area contributed by atoms with Crippen LogP contribution in [0.2, 0.25) is 0 Å². The number of ether oxygens (including phenoxy) is 1. The second-order valence-corrected chi connectivity index (χ2v) is 5.78. The standard InChI is InChI=1S/C17H20BrNO/c1-3-10-20-16-9-8-14(11-15(16)18)17(19)13-6-4-12(2)5-7-13/h4-9,11,17H,3,10,19H2,1-2H3. The summed E-state index contributed by atoms with van der Waals surface area (Å²) in [6.07, 6.45) is 0.997. The van der Waals surface area contributed by atoms with Gasteiger partial charge in [0, 0.05) is 0 Å². The molecule has 0 aliphatic heterocycles. The van der Waals surface area contributed by atoms with Gasteiger partial charge in [-0.05, 0) is 52.5 Å². The van der Waals surface area contributed by atoms with Crippen molar-refractivity contribution in [3.8, 4) is 5.75 Å². The Morgan fingerprint density at radius 1 is 1.10 bits per heavy atom. The number of aryl methyl sites for hydroxylation is 1. The Morgan fingerprint density at radius 3 is 2.35 bits per heavy atom. The van der Waals surface area contributed by atoms with Crippen molar-refractivity contribution in [3.05, 3.63) is 63.6 Å². The Hall–Kier alpha value is -1.32. The molecule has 2 N–H and O–H groups in total. The first-order chi connectivity index (χ1) is 9.61. The van der Waals surface area contributed by atoms with Gasteiger partial charge in [-0.3, -0.25) is 0 Å². The molecule has 0 spiro atoms. The molecule has 0 aliphatic carbocycles. The number of nitrogens with two attached hydrogens (primary N) is 1. The summed E-state index contributed by atoms with van der Waals surface area (Å²) in [5.74, 6) is 0.867. The summed E-state index contributed by atoms with van der Waals surface area (Å²) >= 11 is 3.55. The monoisotopic (exact) mass is 333 g/mol. The van der Waals surface area contributed by atoms with E-state index in [0.29, 0.717) is 0 Å². The van der Waals surface area contributed by atoms with Gasteiger partial charge in [0.1, 0.15) is 5.75 Å². The third kappa shape index (κ3) is 3.62. The van der Waals surface area contributed by atoms with E-state index >= 15 is 0 Å². The lowest BCUT2D eigenvalue weighted by Crippen LogP contribution is -2.12. The van der Waals surface area contributed by atoms with Gasteiger partial charge >= 0.3 is 0 Å². The Labute approximate surface area is 129 Å². The molecule has 2 nitrogen and oxygen atoms in total. The summed E-state index contributed by atoms with van der Waals surface area (Å²) in [5.41, 5.74) is 9.75. The summed E-state index contributed by atoms with van der Waals surface area (Å²) in [4.78, 5) is 0. The lowest BCUT2D eigenvalue weighted by molar-refractivity contribution is 0.315. The molecule has 0 radical (unpaired) electrons. The number of rotatable bonds is 5. The first-order valence-corrected chi connectivity index (χ1v) is 7.65. The second kappa shape index (κ2) is 6.91. The van der Waals surface area contributed by atoms with Crippen LogP contribution in [0.15, 0.2) is 46.9 Å². The maximum atomic E-state index is 6.32. The minimum Gasteiger partial charge on any atom is -0.492 e. The molecular formula is C17H20BrNO. The van der Waals surface area contributed by atoms with Gasteiger partial charge in [-0.2, -0.15) is 0 Å². The fraction of sp³-hybridized carbons (Fsp3) is 0.294. The molecule has 1 atom stereocenters. The molecule has 2 aromatic carbocycles. The topological polar surface area (TPSA) is 35.2 Å². The van der Waals surface area contributed by atoms with Crippen molar-refractivity contribution in [2.45, 2.75) is 26.3 Å². The van der Waals surface area contributed by atoms with E-state index in [0.717, 1.165) is 34.4 Å². The molecule has 0 saturated carbocycles. The Kier molecular flexibility index (Phi) is 5.21. The molecular weight excluding hydrogens is 314 g/mol. The van der Waals surface area contributed by atoms with E-state index in [1.165, 1.54) is 5.56 Å². The van der Waals surface area contributed by atoms with Gasteiger partial charge in [-0.1, -0.05) is 42.8 Å². The molecule has 1 unspecified atom stereocenters. The Balaban J connectivity index is 2.20. The maximum Gasteiger partial charge on any atom is 0.133 e. The number of benzene rings is 2. The Morgan fingerprint density at radius 2 is 1.75 bits per heavy atom. The van der Waals surface area contributed by atoms with Crippen LogP contribution < -0.4 is 10.5 Å². The zero-order chi connectivity index (χ0) is 14.5. The highest BCUT2D eigenvalue weighted by molar-refractivity contribution is 9.10. The minimum atomic E-state index is -0.118. The highest BCUT2D eigenvalue weighted by atomic mass is 79.9. The molecule has 0 fully saturated rings. The molecule has 0 amide bonds. The van der Waals surface area contributed by atoms with Crippen LogP contribution in [0.4, 0.5) is 0 Å². The number of hydrogen-bond acceptors (Lipinski definition) is 2. The number of hydrogen-bond donors (Lipinski definition) is 1. The van der Waals surface area contributed by atoms with E-state index in [9.17, 15) is 0 Å². The quantitative estimate of drug-likeness (QED) is 0.868. The van der Waals surface area contributed by atoms with E-state index in [-0.39, 0.29) is 6.04 Å². The van der Waals surface area contributed by atoms with Gasteiger partial charge in [0.25, 0.3) is 0 Å². The lowest BCUT2D eigenvalue weighted by Gasteiger charge is -2.15. The summed E-state index contributed by atoms with van der Waals surface area (Å²) in [7, 11) is 0. The fourth-order valence-corrected chi connectivity index (χ4v) is 2.52. The normalized spacial score (nSPS) is 12.2. The van der Waals surface area contributed by atoms with Crippen molar-refractivity contribution >= 4 is 15.9 Å². The molecule has 2 rings (SSSR count). The summed E-state index contributed by atoms with van der Waals surface area (Å²) in [6, 6.07) is 14.3. The van der Waals surface area contributed by atoms with Crippen molar-refractivity contribution in [3.63, 3.8) is 0 Å². The van der Waals surface area contributed by atoms with Crippen molar-refractivity contribution in [2.75, 3.05) is 6.61 Å². The van der Waals surface area contributed by atoms with Crippen molar-refractivity contribution in [1.29, 1.82) is 0 Å². The maximum absolute atomic E-state index is 6.32. The zero-order valence-corrected chi connectivity index (χ0v) is 13.5. The molecule has 0 heterocycles. The fourth-order valence-electron chi connectivity index (χ4n) is 2.01. The highest BCUT2D eigenvalue weighted by Gasteiger charge is 2.11. The highest BCUT2D eigenvalue weighted by Crippen LogP contribution is 2.30. The van der Waals surface area contributed by atoms with Crippen LogP contribution >= 0.6 is 15.9 Å². The van der Waals surface area contributed by atoms with Gasteiger partial charge in [0.05, 0.1) is 17.1 Å². The van der Waals surface area contributed by atoms with Crippen molar-refractivity contribution in [1.82, 2.24) is 0 Å². The van der Waals surface area contributed by atoms with Gasteiger partial charge < -0.3 is 10.5 Å². The van der Waals surface area contributed by atoms with Crippen LogP contribution in [0.25, 0.3) is 0 Å². The van der Waals surface area contributed by atoms with Crippen molar-refractivity contribution in [2.24, 2.45) is 5.73 Å². The van der Waals surface area contributed by atoms with E-state index in [1.54, 1.807) is 0 Å². The van der Waals surface area contributed by atoms with Crippen LogP contribution in [0.1, 0.15) is 36.1 Å². The first kappa shape index (κ1) is 15.1. The van der Waals surface area contributed by atoms with Crippen molar-refractivity contribution < 1.29 is 4.74 Å². The molecule has 2 aromatic rings. The van der Waals surface area contributed by atoms with E-state index in [4.69, 9.17) is 10.5 Å². The molecule has 0 aromatic heterocycles. The zero-order valence-electron chi connectivity index (χ0n) is 11.9. The predicted octanol–water partition coefficient (Wildman–Crippen LogP) is 4.59. The third-order valence-corrected chi connectivity index (χ3v) is 3.83. The molecule has 0 aliphatic rings.